The molecule has 0 saturated heterocycles. The molecule has 3 aromatic carbocycles. The average Bonchev–Trinajstić information content (AvgIpc) is 2.78. The van der Waals surface area contributed by atoms with Crippen molar-refractivity contribution in [2.75, 3.05) is 5.75 Å². The van der Waals surface area contributed by atoms with Crippen LogP contribution >= 0.6 is 11.8 Å². The molecule has 0 unspecified atom stereocenters. The maximum absolute atomic E-state index is 2.35. The van der Waals surface area contributed by atoms with Crippen molar-refractivity contribution in [1.82, 2.24) is 0 Å². The van der Waals surface area contributed by atoms with Gasteiger partial charge in [-0.3, -0.25) is 0 Å². The molecular weight excluding hydrogens is 368 g/mol. The molecule has 0 fully saturated rings. The van der Waals surface area contributed by atoms with Crippen molar-refractivity contribution in [2.45, 2.75) is 64.2 Å². The third kappa shape index (κ3) is 6.24. The second kappa shape index (κ2) is 11.3. The van der Waals surface area contributed by atoms with Gasteiger partial charge in [0.25, 0.3) is 0 Å². The largest absolute Gasteiger partial charge is 0.126 e. The minimum Gasteiger partial charge on any atom is -0.126 e. The summed E-state index contributed by atoms with van der Waals surface area (Å²) >= 11 is 1.96. The smallest absolute Gasteiger partial charge is 0.00723 e. The molecule has 3 aromatic rings. The summed E-state index contributed by atoms with van der Waals surface area (Å²) in [6.45, 7) is 6.74. The number of benzene rings is 3. The fourth-order valence-electron chi connectivity index (χ4n) is 3.55. The molecule has 0 spiro atoms. The molecule has 0 bridgehead atoms. The molecule has 0 amide bonds. The number of aryl methyl sites for hydroxylation is 2. The highest BCUT2D eigenvalue weighted by molar-refractivity contribution is 7.99. The van der Waals surface area contributed by atoms with E-state index in [0.29, 0.717) is 0 Å². The van der Waals surface area contributed by atoms with Crippen LogP contribution in [0.15, 0.2) is 71.6 Å². The Morgan fingerprint density at radius 2 is 1.17 bits per heavy atom. The summed E-state index contributed by atoms with van der Waals surface area (Å²) in [4.78, 5) is 1.37. The van der Waals surface area contributed by atoms with Crippen LogP contribution in [0.2, 0.25) is 0 Å². The Morgan fingerprint density at radius 3 is 1.72 bits per heavy atom. The standard InChI is InChI=1S/C28H34S/c1-4-7-9-23-10-12-24(13-11-23)26-19-22(6-3)20-27(21-26)25-14-16-28(17-15-25)29-18-8-5-2/h10-17,19-21H,4-9,18H2,1-3H3. The minimum absolute atomic E-state index is 1.06. The maximum atomic E-state index is 2.35. The highest BCUT2D eigenvalue weighted by Gasteiger charge is 2.06. The molecule has 0 N–H and O–H groups in total. The van der Waals surface area contributed by atoms with Crippen LogP contribution < -0.4 is 0 Å². The average molecular weight is 403 g/mol. The van der Waals surface area contributed by atoms with E-state index in [-0.39, 0.29) is 0 Å². The summed E-state index contributed by atoms with van der Waals surface area (Å²) in [5.74, 6) is 1.21. The normalized spacial score (nSPS) is 11.0. The summed E-state index contributed by atoms with van der Waals surface area (Å²) in [6.07, 6.45) is 7.30. The summed E-state index contributed by atoms with van der Waals surface area (Å²) in [6, 6.07) is 25.3. The van der Waals surface area contributed by atoms with E-state index in [2.05, 4.69) is 87.5 Å². The topological polar surface area (TPSA) is 0 Å². The molecule has 0 heterocycles. The summed E-state index contributed by atoms with van der Waals surface area (Å²) in [5.41, 5.74) is 8.10. The molecule has 0 aliphatic heterocycles. The summed E-state index contributed by atoms with van der Waals surface area (Å²) < 4.78 is 0. The predicted octanol–water partition coefficient (Wildman–Crippen LogP) is 8.82. The third-order valence-electron chi connectivity index (χ3n) is 5.46. The molecule has 0 atom stereocenters. The lowest BCUT2D eigenvalue weighted by Crippen LogP contribution is -1.89. The first-order valence-electron chi connectivity index (χ1n) is 11.2. The predicted molar refractivity (Wildman–Crippen MR) is 131 cm³/mol. The van der Waals surface area contributed by atoms with Crippen LogP contribution in [0, 0.1) is 0 Å². The van der Waals surface area contributed by atoms with Gasteiger partial charge in [0, 0.05) is 4.90 Å². The Bertz CT molecular complexity index is 875. The fourth-order valence-corrected chi connectivity index (χ4v) is 4.55. The Balaban J connectivity index is 1.83. The van der Waals surface area contributed by atoms with E-state index < -0.39 is 0 Å². The van der Waals surface area contributed by atoms with Gasteiger partial charge in [-0.25, -0.2) is 0 Å². The van der Waals surface area contributed by atoms with E-state index in [9.17, 15) is 0 Å². The van der Waals surface area contributed by atoms with Crippen LogP contribution in [-0.2, 0) is 12.8 Å². The van der Waals surface area contributed by atoms with Gasteiger partial charge in [0.05, 0.1) is 0 Å². The van der Waals surface area contributed by atoms with Gasteiger partial charge in [0.2, 0.25) is 0 Å². The number of rotatable bonds is 10. The van der Waals surface area contributed by atoms with Crippen molar-refractivity contribution < 1.29 is 0 Å². The second-order valence-electron chi connectivity index (χ2n) is 7.80. The lowest BCUT2D eigenvalue weighted by Gasteiger charge is -2.11. The van der Waals surface area contributed by atoms with Gasteiger partial charge in [0.15, 0.2) is 0 Å². The van der Waals surface area contributed by atoms with E-state index in [1.54, 1.807) is 0 Å². The Hall–Kier alpha value is -1.99. The van der Waals surface area contributed by atoms with Gasteiger partial charge in [-0.2, -0.15) is 0 Å². The highest BCUT2D eigenvalue weighted by Crippen LogP contribution is 2.30. The van der Waals surface area contributed by atoms with Gasteiger partial charge in [-0.15, -0.1) is 11.8 Å². The third-order valence-corrected chi connectivity index (χ3v) is 6.56. The summed E-state index contributed by atoms with van der Waals surface area (Å²) in [5, 5.41) is 0. The van der Waals surface area contributed by atoms with Gasteiger partial charge in [-0.1, -0.05) is 82.1 Å². The van der Waals surface area contributed by atoms with Crippen LogP contribution in [0.3, 0.4) is 0 Å². The number of thioether (sulfide) groups is 1. The number of hydrogen-bond donors (Lipinski definition) is 0. The van der Waals surface area contributed by atoms with Crippen molar-refractivity contribution in [3.05, 3.63) is 77.9 Å². The molecule has 29 heavy (non-hydrogen) atoms. The number of unbranched alkanes of at least 4 members (excludes halogenated alkanes) is 2. The fraction of sp³-hybridized carbons (Fsp3) is 0.357. The van der Waals surface area contributed by atoms with Crippen LogP contribution in [0.1, 0.15) is 57.6 Å². The molecule has 3 rings (SSSR count). The van der Waals surface area contributed by atoms with Crippen LogP contribution in [0.4, 0.5) is 0 Å². The molecule has 0 radical (unpaired) electrons. The number of hydrogen-bond acceptors (Lipinski definition) is 1. The molecule has 152 valence electrons. The van der Waals surface area contributed by atoms with Gasteiger partial charge in [-0.05, 0) is 83.0 Å². The zero-order chi connectivity index (χ0) is 20.5. The van der Waals surface area contributed by atoms with E-state index in [1.165, 1.54) is 76.1 Å². The zero-order valence-corrected chi connectivity index (χ0v) is 19.0. The first-order valence-corrected chi connectivity index (χ1v) is 12.2. The SMILES string of the molecule is CCCCSc1ccc(-c2cc(CC)cc(-c3ccc(CCCC)cc3)c2)cc1. The lowest BCUT2D eigenvalue weighted by molar-refractivity contribution is 0.795. The van der Waals surface area contributed by atoms with E-state index in [1.807, 2.05) is 11.8 Å². The molecule has 0 saturated carbocycles. The molecular formula is C28H34S. The quantitative estimate of drug-likeness (QED) is 0.241. The lowest BCUT2D eigenvalue weighted by atomic mass is 9.94. The maximum Gasteiger partial charge on any atom is 0.00723 e. The summed E-state index contributed by atoms with van der Waals surface area (Å²) in [7, 11) is 0. The Labute approximate surface area is 181 Å². The minimum atomic E-state index is 1.06. The Kier molecular flexibility index (Phi) is 8.43. The van der Waals surface area contributed by atoms with E-state index >= 15 is 0 Å². The van der Waals surface area contributed by atoms with Crippen molar-refractivity contribution in [1.29, 1.82) is 0 Å². The second-order valence-corrected chi connectivity index (χ2v) is 8.97. The van der Waals surface area contributed by atoms with E-state index in [4.69, 9.17) is 0 Å². The van der Waals surface area contributed by atoms with E-state index in [0.717, 1.165) is 6.42 Å². The molecule has 1 heteroatoms. The van der Waals surface area contributed by atoms with Gasteiger partial charge >= 0.3 is 0 Å². The van der Waals surface area contributed by atoms with Crippen LogP contribution in [-0.4, -0.2) is 5.75 Å². The monoisotopic (exact) mass is 402 g/mol. The van der Waals surface area contributed by atoms with Crippen LogP contribution in [0.25, 0.3) is 22.3 Å². The van der Waals surface area contributed by atoms with Gasteiger partial charge < -0.3 is 0 Å². The van der Waals surface area contributed by atoms with Crippen molar-refractivity contribution in [3.63, 3.8) is 0 Å². The van der Waals surface area contributed by atoms with Gasteiger partial charge in [0.1, 0.15) is 0 Å². The molecule has 0 aliphatic carbocycles. The van der Waals surface area contributed by atoms with Crippen molar-refractivity contribution in [2.24, 2.45) is 0 Å². The molecule has 0 aliphatic rings. The first-order chi connectivity index (χ1) is 14.2. The molecule has 0 aromatic heterocycles. The highest BCUT2D eigenvalue weighted by atomic mass is 32.2. The Morgan fingerprint density at radius 1 is 0.586 bits per heavy atom. The molecule has 0 nitrogen and oxygen atoms in total. The van der Waals surface area contributed by atoms with Crippen LogP contribution in [0.5, 0.6) is 0 Å². The first kappa shape index (κ1) is 21.7. The van der Waals surface area contributed by atoms with Crippen molar-refractivity contribution >= 4 is 11.8 Å². The van der Waals surface area contributed by atoms with Crippen molar-refractivity contribution in [3.8, 4) is 22.3 Å². The zero-order valence-electron chi connectivity index (χ0n) is 18.2.